The van der Waals surface area contributed by atoms with Gasteiger partial charge in [0, 0.05) is 0 Å². The van der Waals surface area contributed by atoms with Crippen molar-refractivity contribution < 1.29 is 1.37 Å². The quantitative estimate of drug-likeness (QED) is 0.238. The van der Waals surface area contributed by atoms with Crippen molar-refractivity contribution in [2.24, 2.45) is 0 Å². The third-order valence-electron chi connectivity index (χ3n) is 6.04. The average molecular weight is 483 g/mol. The molecule has 31 heavy (non-hydrogen) atoms. The van der Waals surface area contributed by atoms with E-state index in [1.54, 1.807) is 11.3 Å². The topological polar surface area (TPSA) is 12.9 Å². The van der Waals surface area contributed by atoms with Crippen molar-refractivity contribution in [3.8, 4) is 11.3 Å². The summed E-state index contributed by atoms with van der Waals surface area (Å²) in [5, 5.41) is 2.51. The summed E-state index contributed by atoms with van der Waals surface area (Å²) in [6, 6.07) is 27.6. The second-order valence-electron chi connectivity index (χ2n) is 9.17. The van der Waals surface area contributed by atoms with Crippen LogP contribution in [0, 0.1) is 0 Å². The Morgan fingerprint density at radius 2 is 1.65 bits per heavy atom. The molecule has 0 aliphatic rings. The Morgan fingerprint density at radius 1 is 0.839 bits per heavy atom. The van der Waals surface area contributed by atoms with Crippen molar-refractivity contribution in [2.75, 3.05) is 0 Å². The molecule has 0 saturated heterocycles. The van der Waals surface area contributed by atoms with Crippen molar-refractivity contribution in [1.29, 1.82) is 0 Å². The SMILES string of the molecule is [2H]C(C)(c1ccccc1)c1ccc2c(c1)sc1c(-c3cc[c]([Ge]([CH3])([CH3])[CH3])cn3)cccc12. The van der Waals surface area contributed by atoms with Gasteiger partial charge in [0.25, 0.3) is 0 Å². The van der Waals surface area contributed by atoms with Gasteiger partial charge in [-0.25, -0.2) is 0 Å². The van der Waals surface area contributed by atoms with Crippen LogP contribution in [0.4, 0.5) is 0 Å². The van der Waals surface area contributed by atoms with E-state index in [0.717, 1.165) is 16.8 Å². The van der Waals surface area contributed by atoms with E-state index in [9.17, 15) is 0 Å². The molecule has 0 N–H and O–H groups in total. The van der Waals surface area contributed by atoms with Crippen LogP contribution in [0.25, 0.3) is 31.4 Å². The number of benzene rings is 3. The number of hydrogen-bond donors (Lipinski definition) is 0. The van der Waals surface area contributed by atoms with E-state index in [2.05, 4.69) is 72.0 Å². The molecule has 0 fully saturated rings. The Bertz CT molecular complexity index is 1410. The zero-order valence-corrected chi connectivity index (χ0v) is 21.4. The first-order valence-electron chi connectivity index (χ1n) is 11.2. The molecule has 0 aliphatic carbocycles. The zero-order chi connectivity index (χ0) is 22.5. The van der Waals surface area contributed by atoms with E-state index < -0.39 is 19.2 Å². The second kappa shape index (κ2) is 7.92. The standard InChI is InChI=1S/C28H27GeNS/c1-19(20-9-6-5-7-10-20)21-13-15-23-24-11-8-12-25(28(24)31-27(23)17-21)26-16-14-22(18-30-26)29(2,3)4/h5-19H,1-4H3/i19D. The predicted octanol–water partition coefficient (Wildman–Crippen LogP) is 7.81. The molecule has 1 unspecified atom stereocenters. The van der Waals surface area contributed by atoms with Crippen LogP contribution >= 0.6 is 11.3 Å². The molecule has 3 aromatic carbocycles. The van der Waals surface area contributed by atoms with Crippen molar-refractivity contribution in [1.82, 2.24) is 4.98 Å². The number of rotatable bonds is 4. The molecule has 5 rings (SSSR count). The van der Waals surface area contributed by atoms with Gasteiger partial charge in [0.1, 0.15) is 0 Å². The van der Waals surface area contributed by atoms with Gasteiger partial charge >= 0.3 is 163 Å². The summed E-state index contributed by atoms with van der Waals surface area (Å²) in [5.41, 5.74) is 4.25. The van der Waals surface area contributed by atoms with E-state index in [-0.39, 0.29) is 0 Å². The number of fused-ring (bicyclic) bond motifs is 3. The zero-order valence-electron chi connectivity index (χ0n) is 19.4. The summed E-state index contributed by atoms with van der Waals surface area (Å²) in [5.74, 6) is 6.41. The Kier molecular flexibility index (Phi) is 4.93. The first-order chi connectivity index (χ1) is 15.2. The molecule has 0 saturated carbocycles. The first-order valence-corrected chi connectivity index (χ1v) is 18.9. The summed E-state index contributed by atoms with van der Waals surface area (Å²) < 4.78 is 13.0. The van der Waals surface area contributed by atoms with Crippen LogP contribution < -0.4 is 4.40 Å². The molecule has 2 heterocycles. The van der Waals surface area contributed by atoms with E-state index in [1.807, 2.05) is 37.3 Å². The van der Waals surface area contributed by atoms with Crippen LogP contribution in [0.3, 0.4) is 0 Å². The fourth-order valence-electron chi connectivity index (χ4n) is 4.08. The van der Waals surface area contributed by atoms with Crippen LogP contribution in [-0.2, 0) is 0 Å². The fourth-order valence-corrected chi connectivity index (χ4v) is 7.52. The molecule has 1 nitrogen and oxygen atoms in total. The molecular formula is C28H27GeNS. The van der Waals surface area contributed by atoms with E-state index >= 15 is 0 Å². The minimum atomic E-state index is -1.88. The van der Waals surface area contributed by atoms with Crippen molar-refractivity contribution in [3.05, 3.63) is 96.2 Å². The van der Waals surface area contributed by atoms with Gasteiger partial charge in [-0.05, 0) is 0 Å². The van der Waals surface area contributed by atoms with Gasteiger partial charge in [-0.3, -0.25) is 0 Å². The van der Waals surface area contributed by atoms with Crippen molar-refractivity contribution in [2.45, 2.75) is 30.1 Å². The van der Waals surface area contributed by atoms with Crippen LogP contribution in [0.1, 0.15) is 25.3 Å². The van der Waals surface area contributed by atoms with Gasteiger partial charge in [-0.1, -0.05) is 30.3 Å². The monoisotopic (exact) mass is 484 g/mol. The molecule has 5 aromatic rings. The molecular weight excluding hydrogens is 455 g/mol. The van der Waals surface area contributed by atoms with Gasteiger partial charge < -0.3 is 0 Å². The van der Waals surface area contributed by atoms with Crippen LogP contribution in [0.15, 0.2) is 85.1 Å². The van der Waals surface area contributed by atoms with Crippen molar-refractivity contribution in [3.63, 3.8) is 0 Å². The number of thiophene rings is 1. The van der Waals surface area contributed by atoms with Crippen LogP contribution in [0.2, 0.25) is 17.3 Å². The molecule has 0 bridgehead atoms. The molecule has 154 valence electrons. The molecule has 0 spiro atoms. The predicted molar refractivity (Wildman–Crippen MR) is 140 cm³/mol. The summed E-state index contributed by atoms with van der Waals surface area (Å²) in [6.07, 6.45) is 2.09. The van der Waals surface area contributed by atoms with Crippen LogP contribution in [-0.4, -0.2) is 18.3 Å². The molecule has 2 aromatic heterocycles. The average Bonchev–Trinajstić information content (AvgIpc) is 3.17. The Morgan fingerprint density at radius 3 is 2.35 bits per heavy atom. The maximum atomic E-state index is 9.06. The molecule has 0 aliphatic heterocycles. The second-order valence-corrected chi connectivity index (χ2v) is 20.9. The van der Waals surface area contributed by atoms with E-state index in [0.29, 0.717) is 0 Å². The maximum absolute atomic E-state index is 9.06. The normalized spacial score (nSPS) is 14.5. The first kappa shape index (κ1) is 19.3. The number of nitrogens with zero attached hydrogens (tertiary/aromatic N) is 1. The van der Waals surface area contributed by atoms with Gasteiger partial charge in [0.05, 0.1) is 0 Å². The minimum absolute atomic E-state index is 0.788. The molecule has 0 amide bonds. The van der Waals surface area contributed by atoms with Crippen molar-refractivity contribution >= 4 is 49.2 Å². The number of hydrogen-bond acceptors (Lipinski definition) is 2. The third-order valence-corrected chi connectivity index (χ3v) is 11.5. The molecule has 0 radical (unpaired) electrons. The van der Waals surface area contributed by atoms with Gasteiger partial charge in [0.15, 0.2) is 0 Å². The molecule has 3 heteroatoms. The Labute approximate surface area is 192 Å². The van der Waals surface area contributed by atoms with Gasteiger partial charge in [0.2, 0.25) is 0 Å². The van der Waals surface area contributed by atoms with E-state index in [4.69, 9.17) is 6.35 Å². The molecule has 1 atom stereocenters. The Hall–Kier alpha value is -2.43. The summed E-state index contributed by atoms with van der Waals surface area (Å²) in [4.78, 5) is 4.86. The van der Waals surface area contributed by atoms with Crippen LogP contribution in [0.5, 0.6) is 0 Å². The third kappa shape index (κ3) is 3.83. The van der Waals surface area contributed by atoms with Gasteiger partial charge in [-0.2, -0.15) is 0 Å². The van der Waals surface area contributed by atoms with E-state index in [1.165, 1.54) is 30.1 Å². The van der Waals surface area contributed by atoms with Gasteiger partial charge in [-0.15, -0.1) is 0 Å². The number of pyridine rings is 1. The summed E-state index contributed by atoms with van der Waals surface area (Å²) in [6.45, 7) is 1.98. The summed E-state index contributed by atoms with van der Waals surface area (Å²) >= 11 is -0.0707. The fraction of sp³-hybridized carbons (Fsp3) is 0.179. The number of aromatic nitrogens is 1. The Balaban J connectivity index is 1.63. The summed E-state index contributed by atoms with van der Waals surface area (Å²) in [7, 11) is 0.